The maximum Gasteiger partial charge on any atom is 0.267 e. The third-order valence-corrected chi connectivity index (χ3v) is 3.28. The second-order valence-electron chi connectivity index (χ2n) is 3.76. The number of carbonyl (C=O) groups is 1. The Morgan fingerprint density at radius 3 is 2.79 bits per heavy atom. The van der Waals surface area contributed by atoms with Gasteiger partial charge in [-0.05, 0) is 23.6 Å². The Labute approximate surface area is 115 Å². The lowest BCUT2D eigenvalue weighted by Crippen LogP contribution is -2.11. The van der Waals surface area contributed by atoms with Crippen molar-refractivity contribution in [1.29, 1.82) is 0 Å². The molecule has 2 N–H and O–H groups in total. The van der Waals surface area contributed by atoms with Gasteiger partial charge in [0.2, 0.25) is 0 Å². The average Bonchev–Trinajstić information content (AvgIpc) is 2.89. The van der Waals surface area contributed by atoms with Crippen LogP contribution in [0.15, 0.2) is 41.8 Å². The van der Waals surface area contributed by atoms with Crippen molar-refractivity contribution < 1.29 is 9.90 Å². The summed E-state index contributed by atoms with van der Waals surface area (Å²) in [6, 6.07) is 11.1. The number of anilines is 1. The standard InChI is InChI=1S/C15H13NO2S/c17-10-5-4-6-12-9-11-19-14(12)15(18)16-13-7-2-1-3-8-13/h1-3,7-9,11,17H,5,10H2,(H,16,18). The molecule has 0 fully saturated rings. The molecule has 0 saturated carbocycles. The molecule has 0 bridgehead atoms. The van der Waals surface area contributed by atoms with Gasteiger partial charge in [0.15, 0.2) is 0 Å². The third kappa shape index (κ3) is 3.68. The molecule has 2 aromatic rings. The second kappa shape index (κ2) is 6.74. The predicted molar refractivity (Wildman–Crippen MR) is 77.3 cm³/mol. The highest BCUT2D eigenvalue weighted by molar-refractivity contribution is 7.12. The summed E-state index contributed by atoms with van der Waals surface area (Å²) < 4.78 is 0. The van der Waals surface area contributed by atoms with Gasteiger partial charge in [-0.1, -0.05) is 30.0 Å². The van der Waals surface area contributed by atoms with Gasteiger partial charge in [0.25, 0.3) is 5.91 Å². The molecule has 2 rings (SSSR count). The number of thiophene rings is 1. The first-order valence-corrected chi connectivity index (χ1v) is 6.73. The second-order valence-corrected chi connectivity index (χ2v) is 4.68. The Morgan fingerprint density at radius 2 is 2.05 bits per heavy atom. The first kappa shape index (κ1) is 13.3. The minimum Gasteiger partial charge on any atom is -0.395 e. The summed E-state index contributed by atoms with van der Waals surface area (Å²) in [6.45, 7) is 0.0304. The van der Waals surface area contributed by atoms with E-state index in [1.54, 1.807) is 0 Å². The van der Waals surface area contributed by atoms with Crippen LogP contribution in [-0.4, -0.2) is 17.6 Å². The lowest BCUT2D eigenvalue weighted by atomic mass is 10.2. The van der Waals surface area contributed by atoms with Gasteiger partial charge in [0, 0.05) is 17.7 Å². The molecule has 0 saturated heterocycles. The Kier molecular flexibility index (Phi) is 4.73. The van der Waals surface area contributed by atoms with Crippen LogP contribution in [0.5, 0.6) is 0 Å². The average molecular weight is 271 g/mol. The molecular weight excluding hydrogens is 258 g/mol. The fraction of sp³-hybridized carbons (Fsp3) is 0.133. The molecule has 0 unspecified atom stereocenters. The fourth-order valence-electron chi connectivity index (χ4n) is 1.51. The minimum atomic E-state index is -0.158. The van der Waals surface area contributed by atoms with Crippen LogP contribution in [0.4, 0.5) is 5.69 Å². The summed E-state index contributed by atoms with van der Waals surface area (Å²) in [5.41, 5.74) is 1.46. The van der Waals surface area contributed by atoms with Crippen molar-refractivity contribution in [2.24, 2.45) is 0 Å². The highest BCUT2D eigenvalue weighted by atomic mass is 32.1. The summed E-state index contributed by atoms with van der Waals surface area (Å²) in [5, 5.41) is 13.4. The Bertz CT molecular complexity index is 608. The molecule has 1 aromatic heterocycles. The Hall–Kier alpha value is -2.09. The van der Waals surface area contributed by atoms with E-state index in [0.717, 1.165) is 5.69 Å². The lowest BCUT2D eigenvalue weighted by Gasteiger charge is -2.03. The molecule has 0 spiro atoms. The molecule has 1 heterocycles. The summed E-state index contributed by atoms with van der Waals surface area (Å²) in [4.78, 5) is 12.7. The summed E-state index contributed by atoms with van der Waals surface area (Å²) in [7, 11) is 0. The van der Waals surface area contributed by atoms with E-state index in [9.17, 15) is 4.79 Å². The minimum absolute atomic E-state index is 0.0304. The number of hydrogen-bond donors (Lipinski definition) is 2. The maximum absolute atomic E-state index is 12.1. The SMILES string of the molecule is O=C(Nc1ccccc1)c1sccc1C#CCCO. The number of aliphatic hydroxyl groups excluding tert-OH is 1. The van der Waals surface area contributed by atoms with Gasteiger partial charge in [-0.3, -0.25) is 4.79 Å². The van der Waals surface area contributed by atoms with E-state index in [2.05, 4.69) is 17.2 Å². The molecule has 4 heteroatoms. The summed E-state index contributed by atoms with van der Waals surface area (Å²) in [5.74, 6) is 5.57. The number of nitrogens with one attached hydrogen (secondary N) is 1. The van der Waals surface area contributed by atoms with Crippen molar-refractivity contribution in [2.75, 3.05) is 11.9 Å². The van der Waals surface area contributed by atoms with Gasteiger partial charge in [0.05, 0.1) is 6.61 Å². The van der Waals surface area contributed by atoms with E-state index >= 15 is 0 Å². The topological polar surface area (TPSA) is 49.3 Å². The quantitative estimate of drug-likeness (QED) is 0.843. The molecule has 0 atom stereocenters. The summed E-state index contributed by atoms with van der Waals surface area (Å²) >= 11 is 1.36. The zero-order valence-corrected chi connectivity index (χ0v) is 11.0. The van der Waals surface area contributed by atoms with Crippen molar-refractivity contribution >= 4 is 22.9 Å². The monoisotopic (exact) mass is 271 g/mol. The third-order valence-electron chi connectivity index (χ3n) is 2.36. The van der Waals surface area contributed by atoms with E-state index in [-0.39, 0.29) is 12.5 Å². The largest absolute Gasteiger partial charge is 0.395 e. The van der Waals surface area contributed by atoms with Crippen molar-refractivity contribution in [3.05, 3.63) is 52.2 Å². The van der Waals surface area contributed by atoms with Crippen LogP contribution in [0.25, 0.3) is 0 Å². The Morgan fingerprint density at radius 1 is 1.26 bits per heavy atom. The first-order valence-electron chi connectivity index (χ1n) is 5.85. The zero-order valence-electron chi connectivity index (χ0n) is 10.2. The van der Waals surface area contributed by atoms with Gasteiger partial charge < -0.3 is 10.4 Å². The van der Waals surface area contributed by atoms with Gasteiger partial charge >= 0.3 is 0 Å². The van der Waals surface area contributed by atoms with Crippen molar-refractivity contribution in [3.8, 4) is 11.8 Å². The summed E-state index contributed by atoms with van der Waals surface area (Å²) in [6.07, 6.45) is 0.412. The van der Waals surface area contributed by atoms with E-state index in [1.807, 2.05) is 41.8 Å². The molecule has 0 aliphatic carbocycles. The number of amides is 1. The molecule has 96 valence electrons. The normalized spacial score (nSPS) is 9.53. The number of carbonyl (C=O) groups excluding carboxylic acids is 1. The van der Waals surface area contributed by atoms with E-state index in [1.165, 1.54) is 11.3 Å². The first-order chi connectivity index (χ1) is 9.31. The molecule has 1 amide bonds. The van der Waals surface area contributed by atoms with Crippen LogP contribution >= 0.6 is 11.3 Å². The van der Waals surface area contributed by atoms with E-state index in [4.69, 9.17) is 5.11 Å². The number of aliphatic hydroxyl groups is 1. The van der Waals surface area contributed by atoms with Crippen LogP contribution in [0.2, 0.25) is 0 Å². The van der Waals surface area contributed by atoms with Crippen molar-refractivity contribution in [1.82, 2.24) is 0 Å². The van der Waals surface area contributed by atoms with Crippen LogP contribution in [0.1, 0.15) is 21.7 Å². The van der Waals surface area contributed by atoms with Crippen molar-refractivity contribution in [2.45, 2.75) is 6.42 Å². The number of rotatable bonds is 3. The van der Waals surface area contributed by atoms with Gasteiger partial charge in [0.1, 0.15) is 4.88 Å². The predicted octanol–water partition coefficient (Wildman–Crippen LogP) is 2.73. The van der Waals surface area contributed by atoms with Crippen LogP contribution in [0.3, 0.4) is 0 Å². The smallest absolute Gasteiger partial charge is 0.267 e. The molecule has 0 aliphatic rings. The van der Waals surface area contributed by atoms with E-state index < -0.39 is 0 Å². The Balaban J connectivity index is 2.12. The maximum atomic E-state index is 12.1. The van der Waals surface area contributed by atoms with Gasteiger partial charge in [-0.25, -0.2) is 0 Å². The number of hydrogen-bond acceptors (Lipinski definition) is 3. The molecule has 0 aliphatic heterocycles. The number of benzene rings is 1. The molecule has 19 heavy (non-hydrogen) atoms. The fourth-order valence-corrected chi connectivity index (χ4v) is 2.25. The lowest BCUT2D eigenvalue weighted by molar-refractivity contribution is 0.103. The van der Waals surface area contributed by atoms with Crippen LogP contribution in [-0.2, 0) is 0 Å². The molecule has 0 radical (unpaired) electrons. The van der Waals surface area contributed by atoms with E-state index in [0.29, 0.717) is 16.9 Å². The molecule has 1 aromatic carbocycles. The highest BCUT2D eigenvalue weighted by Crippen LogP contribution is 2.18. The van der Waals surface area contributed by atoms with Gasteiger partial charge in [-0.2, -0.15) is 0 Å². The zero-order chi connectivity index (χ0) is 13.5. The van der Waals surface area contributed by atoms with Crippen LogP contribution in [0, 0.1) is 11.8 Å². The highest BCUT2D eigenvalue weighted by Gasteiger charge is 2.11. The molecule has 3 nitrogen and oxygen atoms in total. The van der Waals surface area contributed by atoms with Gasteiger partial charge in [-0.15, -0.1) is 11.3 Å². The number of para-hydroxylation sites is 1. The molecular formula is C15H13NO2S. The van der Waals surface area contributed by atoms with Crippen molar-refractivity contribution in [3.63, 3.8) is 0 Å². The van der Waals surface area contributed by atoms with Crippen LogP contribution < -0.4 is 5.32 Å².